The first-order valence-electron chi connectivity index (χ1n) is 5.25. The molecule has 1 fully saturated rings. The molecule has 90 valence electrons. The lowest BCUT2D eigenvalue weighted by molar-refractivity contribution is 0.210. The molecule has 0 saturated heterocycles. The second kappa shape index (κ2) is 5.61. The summed E-state index contributed by atoms with van der Waals surface area (Å²) in [6.07, 6.45) is 4.03. The lowest BCUT2D eigenvalue weighted by atomic mass is 9.93. The Kier molecular flexibility index (Phi) is 5.02. The zero-order valence-electron chi connectivity index (χ0n) is 9.32. The first kappa shape index (κ1) is 13.4. The fourth-order valence-electron chi connectivity index (χ4n) is 1.59. The molecule has 0 unspecified atom stereocenters. The molecule has 1 saturated carbocycles. The van der Waals surface area contributed by atoms with Crippen LogP contribution in [0.2, 0.25) is 0 Å². The minimum atomic E-state index is -3.23. The molecule has 0 spiro atoms. The highest BCUT2D eigenvalue weighted by molar-refractivity contribution is 9.09. The summed E-state index contributed by atoms with van der Waals surface area (Å²) in [6.45, 7) is 0.621. The van der Waals surface area contributed by atoms with Gasteiger partial charge in [-0.3, -0.25) is 0 Å². The van der Waals surface area contributed by atoms with Crippen LogP contribution >= 0.6 is 15.9 Å². The third kappa shape index (κ3) is 3.15. The van der Waals surface area contributed by atoms with Crippen LogP contribution in [0.4, 0.5) is 0 Å². The van der Waals surface area contributed by atoms with Crippen molar-refractivity contribution in [2.45, 2.75) is 31.7 Å². The average molecular weight is 299 g/mol. The smallest absolute Gasteiger partial charge is 0.195 e. The van der Waals surface area contributed by atoms with Gasteiger partial charge in [0.2, 0.25) is 0 Å². The van der Waals surface area contributed by atoms with Crippen LogP contribution in [0.1, 0.15) is 25.7 Å². The molecule has 15 heavy (non-hydrogen) atoms. The van der Waals surface area contributed by atoms with E-state index in [4.69, 9.17) is 0 Å². The van der Waals surface area contributed by atoms with E-state index in [1.54, 1.807) is 18.4 Å². The van der Waals surface area contributed by atoms with E-state index in [0.29, 0.717) is 6.54 Å². The maximum Gasteiger partial charge on any atom is 0.281 e. The van der Waals surface area contributed by atoms with Crippen molar-refractivity contribution >= 4 is 26.1 Å². The molecule has 0 aliphatic heterocycles. The number of hydrogen-bond acceptors (Lipinski definition) is 2. The topological polar surface area (TPSA) is 40.6 Å². The van der Waals surface area contributed by atoms with E-state index in [1.807, 2.05) is 0 Å². The minimum Gasteiger partial charge on any atom is -0.195 e. The zero-order valence-corrected chi connectivity index (χ0v) is 11.7. The maximum absolute atomic E-state index is 12.0. The van der Waals surface area contributed by atoms with Gasteiger partial charge in [0.1, 0.15) is 0 Å². The fraction of sp³-hybridized carbons (Fsp3) is 1.00. The summed E-state index contributed by atoms with van der Waals surface area (Å²) in [5.74, 6) is 0. The van der Waals surface area contributed by atoms with Gasteiger partial charge in [-0.05, 0) is 19.3 Å². The van der Waals surface area contributed by atoms with Crippen LogP contribution in [0.15, 0.2) is 0 Å². The van der Waals surface area contributed by atoms with Gasteiger partial charge in [0.25, 0.3) is 10.2 Å². The fourth-order valence-corrected chi connectivity index (χ4v) is 3.20. The third-order valence-electron chi connectivity index (χ3n) is 2.75. The van der Waals surface area contributed by atoms with Gasteiger partial charge in [-0.15, -0.1) is 0 Å². The maximum atomic E-state index is 12.0. The number of halogens is 1. The van der Waals surface area contributed by atoms with Gasteiger partial charge in [0.05, 0.1) is 0 Å². The molecule has 4 nitrogen and oxygen atoms in total. The third-order valence-corrected chi connectivity index (χ3v) is 5.31. The highest BCUT2D eigenvalue weighted by Gasteiger charge is 2.34. The predicted octanol–water partition coefficient (Wildman–Crippen LogP) is 1.43. The van der Waals surface area contributed by atoms with Crippen molar-refractivity contribution in [2.75, 3.05) is 26.0 Å². The van der Waals surface area contributed by atoms with E-state index < -0.39 is 10.2 Å². The normalized spacial score (nSPS) is 18.5. The lowest BCUT2D eigenvalue weighted by Crippen LogP contribution is -2.49. The van der Waals surface area contributed by atoms with Crippen LogP contribution in [0, 0.1) is 0 Å². The van der Waals surface area contributed by atoms with Crippen LogP contribution in [-0.4, -0.2) is 49.0 Å². The molecule has 0 radical (unpaired) electrons. The Labute approximate surface area is 101 Å². The summed E-state index contributed by atoms with van der Waals surface area (Å²) in [7, 11) is -0.0407. The van der Waals surface area contributed by atoms with E-state index in [9.17, 15) is 8.42 Å². The number of rotatable bonds is 6. The quantitative estimate of drug-likeness (QED) is 0.696. The van der Waals surface area contributed by atoms with Gasteiger partial charge in [0, 0.05) is 32.0 Å². The summed E-state index contributed by atoms with van der Waals surface area (Å²) < 4.78 is 27.0. The van der Waals surface area contributed by atoms with Crippen molar-refractivity contribution in [3.63, 3.8) is 0 Å². The Balaban J connectivity index is 2.70. The summed E-state index contributed by atoms with van der Waals surface area (Å²) in [4.78, 5) is 0. The van der Waals surface area contributed by atoms with Crippen LogP contribution < -0.4 is 0 Å². The Morgan fingerprint density at radius 2 is 1.93 bits per heavy atom. The van der Waals surface area contributed by atoms with Crippen LogP contribution in [-0.2, 0) is 10.2 Å². The minimum absolute atomic E-state index is 0.233. The second-order valence-electron chi connectivity index (χ2n) is 4.03. The van der Waals surface area contributed by atoms with Crippen molar-refractivity contribution < 1.29 is 8.42 Å². The molecule has 0 aromatic carbocycles. The van der Waals surface area contributed by atoms with E-state index in [1.165, 1.54) is 4.31 Å². The largest absolute Gasteiger partial charge is 0.281 e. The van der Waals surface area contributed by atoms with Gasteiger partial charge in [-0.25, -0.2) is 0 Å². The monoisotopic (exact) mass is 298 g/mol. The van der Waals surface area contributed by atoms with Crippen LogP contribution in [0.3, 0.4) is 0 Å². The summed E-state index contributed by atoms with van der Waals surface area (Å²) in [6, 6.07) is 0.233. The zero-order chi connectivity index (χ0) is 11.5. The van der Waals surface area contributed by atoms with E-state index in [2.05, 4.69) is 15.9 Å². The highest BCUT2D eigenvalue weighted by Crippen LogP contribution is 2.27. The molecule has 0 atom stereocenters. The van der Waals surface area contributed by atoms with Gasteiger partial charge in [-0.2, -0.15) is 17.0 Å². The molecule has 0 amide bonds. The molecule has 1 aliphatic rings. The molecule has 0 aromatic heterocycles. The average Bonchev–Trinajstić information content (AvgIpc) is 2.08. The van der Waals surface area contributed by atoms with Crippen molar-refractivity contribution in [1.29, 1.82) is 0 Å². The SMILES string of the molecule is CN(C)S(=O)(=O)N(CCCBr)C1CCC1. The summed E-state index contributed by atoms with van der Waals surface area (Å²) in [5.41, 5.74) is 0. The predicted molar refractivity (Wildman–Crippen MR) is 65.4 cm³/mol. The van der Waals surface area contributed by atoms with Crippen molar-refractivity contribution in [2.24, 2.45) is 0 Å². The van der Waals surface area contributed by atoms with Gasteiger partial charge in [-0.1, -0.05) is 22.4 Å². The lowest BCUT2D eigenvalue weighted by Gasteiger charge is -2.37. The molecule has 0 aromatic rings. The Hall–Kier alpha value is 0.350. The van der Waals surface area contributed by atoms with E-state index in [0.717, 1.165) is 31.0 Å². The molecular weight excluding hydrogens is 280 g/mol. The van der Waals surface area contributed by atoms with Gasteiger partial charge in [0.15, 0.2) is 0 Å². The summed E-state index contributed by atoms with van der Waals surface area (Å²) in [5, 5.41) is 0.846. The Morgan fingerprint density at radius 1 is 1.33 bits per heavy atom. The van der Waals surface area contributed by atoms with Crippen molar-refractivity contribution in [3.8, 4) is 0 Å². The highest BCUT2D eigenvalue weighted by atomic mass is 79.9. The van der Waals surface area contributed by atoms with Crippen molar-refractivity contribution in [3.05, 3.63) is 0 Å². The molecular formula is C9H19BrN2O2S. The van der Waals surface area contributed by atoms with Crippen molar-refractivity contribution in [1.82, 2.24) is 8.61 Å². The van der Waals surface area contributed by atoms with Gasteiger partial charge < -0.3 is 0 Å². The molecule has 0 bridgehead atoms. The number of alkyl halides is 1. The first-order chi connectivity index (χ1) is 7.00. The Morgan fingerprint density at radius 3 is 2.27 bits per heavy atom. The van der Waals surface area contributed by atoms with E-state index in [-0.39, 0.29) is 6.04 Å². The molecule has 1 aliphatic carbocycles. The summed E-state index contributed by atoms with van der Waals surface area (Å²) >= 11 is 3.34. The second-order valence-corrected chi connectivity index (χ2v) is 6.92. The number of hydrogen-bond donors (Lipinski definition) is 0. The van der Waals surface area contributed by atoms with Gasteiger partial charge >= 0.3 is 0 Å². The molecule has 0 heterocycles. The standard InChI is InChI=1S/C9H19BrN2O2S/c1-11(2)15(13,14)12(8-4-7-10)9-5-3-6-9/h9H,3-8H2,1-2H3. The van der Waals surface area contributed by atoms with Crippen LogP contribution in [0.25, 0.3) is 0 Å². The first-order valence-corrected chi connectivity index (χ1v) is 7.77. The van der Waals surface area contributed by atoms with Crippen LogP contribution in [0.5, 0.6) is 0 Å². The molecule has 6 heteroatoms. The molecule has 1 rings (SSSR count). The van der Waals surface area contributed by atoms with E-state index >= 15 is 0 Å². The number of nitrogens with zero attached hydrogens (tertiary/aromatic N) is 2. The Bertz CT molecular complexity index is 288. The molecule has 0 N–H and O–H groups in total.